The van der Waals surface area contributed by atoms with Crippen LogP contribution in [0.3, 0.4) is 0 Å². The molecule has 1 aliphatic rings. The molecule has 1 unspecified atom stereocenters. The van der Waals surface area contributed by atoms with Gasteiger partial charge in [-0.2, -0.15) is 9.78 Å². The maximum atomic E-state index is 12.4. The van der Waals surface area contributed by atoms with Crippen molar-refractivity contribution in [2.45, 2.75) is 26.2 Å². The molecule has 1 heterocycles. The first-order valence-corrected chi connectivity index (χ1v) is 8.10. The molecular formula is C17H19ClN4O. The number of anilines is 1. The van der Waals surface area contributed by atoms with Crippen LogP contribution in [0.15, 0.2) is 53.1 Å². The summed E-state index contributed by atoms with van der Waals surface area (Å²) in [5.41, 5.74) is 8.09. The minimum absolute atomic E-state index is 0.111. The summed E-state index contributed by atoms with van der Waals surface area (Å²) in [6, 6.07) is 9.20. The third-order valence-corrected chi connectivity index (χ3v) is 4.36. The van der Waals surface area contributed by atoms with E-state index in [1.54, 1.807) is 6.20 Å². The first-order chi connectivity index (χ1) is 11.2. The second kappa shape index (κ2) is 6.87. The molecule has 6 heteroatoms. The number of benzene rings is 1. The van der Waals surface area contributed by atoms with Crippen LogP contribution in [0.2, 0.25) is 5.02 Å². The van der Waals surface area contributed by atoms with E-state index in [4.69, 9.17) is 11.6 Å². The molecule has 1 aliphatic carbocycles. The largest absolute Gasteiger partial charge is 0.305 e. The molecule has 0 fully saturated rings. The Bertz CT molecular complexity index is 770. The monoisotopic (exact) mass is 330 g/mol. The van der Waals surface area contributed by atoms with Crippen LogP contribution in [0.1, 0.15) is 26.2 Å². The Kier molecular flexibility index (Phi) is 4.67. The van der Waals surface area contributed by atoms with Crippen molar-refractivity contribution < 1.29 is 0 Å². The molecule has 0 bridgehead atoms. The van der Waals surface area contributed by atoms with Gasteiger partial charge in [0.25, 0.3) is 5.56 Å². The van der Waals surface area contributed by atoms with Crippen molar-refractivity contribution in [3.63, 3.8) is 0 Å². The van der Waals surface area contributed by atoms with Crippen LogP contribution >= 0.6 is 11.6 Å². The SMILES string of the molecule is CC1CCCC=C1NNc1cnn(-c2ccccc2)c(=O)c1Cl. The normalized spacial score (nSPS) is 17.5. The van der Waals surface area contributed by atoms with Crippen molar-refractivity contribution in [3.8, 4) is 5.69 Å². The van der Waals surface area contributed by atoms with Gasteiger partial charge >= 0.3 is 0 Å². The van der Waals surface area contributed by atoms with E-state index in [9.17, 15) is 4.79 Å². The highest BCUT2D eigenvalue weighted by Crippen LogP contribution is 2.23. The average Bonchev–Trinajstić information content (AvgIpc) is 2.58. The fourth-order valence-electron chi connectivity index (χ4n) is 2.63. The number of rotatable bonds is 4. The van der Waals surface area contributed by atoms with Crippen LogP contribution in [-0.2, 0) is 0 Å². The van der Waals surface area contributed by atoms with Crippen molar-refractivity contribution in [1.29, 1.82) is 0 Å². The molecular weight excluding hydrogens is 312 g/mol. The van der Waals surface area contributed by atoms with Crippen LogP contribution < -0.4 is 16.4 Å². The van der Waals surface area contributed by atoms with E-state index in [0.29, 0.717) is 17.3 Å². The second-order valence-corrected chi connectivity index (χ2v) is 6.04. The predicted molar refractivity (Wildman–Crippen MR) is 92.7 cm³/mol. The summed E-state index contributed by atoms with van der Waals surface area (Å²) >= 11 is 6.21. The summed E-state index contributed by atoms with van der Waals surface area (Å²) in [7, 11) is 0. The average molecular weight is 331 g/mol. The maximum absolute atomic E-state index is 12.4. The fraction of sp³-hybridized carbons (Fsp3) is 0.294. The second-order valence-electron chi connectivity index (χ2n) is 5.67. The highest BCUT2D eigenvalue weighted by Gasteiger charge is 2.14. The number of hydrogen-bond donors (Lipinski definition) is 2. The molecule has 0 amide bonds. The van der Waals surface area contributed by atoms with Gasteiger partial charge in [0.2, 0.25) is 0 Å². The van der Waals surface area contributed by atoms with Gasteiger partial charge in [-0.25, -0.2) is 0 Å². The molecule has 0 spiro atoms. The summed E-state index contributed by atoms with van der Waals surface area (Å²) in [4.78, 5) is 12.4. The molecule has 1 aromatic carbocycles. The number of aromatic nitrogens is 2. The van der Waals surface area contributed by atoms with E-state index in [0.717, 1.165) is 18.5 Å². The van der Waals surface area contributed by atoms with Gasteiger partial charge in [-0.05, 0) is 37.3 Å². The van der Waals surface area contributed by atoms with E-state index >= 15 is 0 Å². The molecule has 0 saturated heterocycles. The van der Waals surface area contributed by atoms with Crippen LogP contribution in [0.4, 0.5) is 5.69 Å². The van der Waals surface area contributed by atoms with Gasteiger partial charge in [-0.1, -0.05) is 42.8 Å². The van der Waals surface area contributed by atoms with Crippen LogP contribution in [0, 0.1) is 5.92 Å². The number of nitrogens with one attached hydrogen (secondary N) is 2. The van der Waals surface area contributed by atoms with Gasteiger partial charge in [0.1, 0.15) is 5.02 Å². The summed E-state index contributed by atoms with van der Waals surface area (Å²) in [5.74, 6) is 0.465. The number of allylic oxidation sites excluding steroid dienone is 2. The molecule has 2 N–H and O–H groups in total. The predicted octanol–water partition coefficient (Wildman–Crippen LogP) is 3.51. The van der Waals surface area contributed by atoms with E-state index in [2.05, 4.69) is 29.0 Å². The highest BCUT2D eigenvalue weighted by molar-refractivity contribution is 6.32. The lowest BCUT2D eigenvalue weighted by Crippen LogP contribution is -2.29. The lowest BCUT2D eigenvalue weighted by molar-refractivity contribution is 0.522. The third-order valence-electron chi connectivity index (χ3n) is 4.00. The molecule has 23 heavy (non-hydrogen) atoms. The molecule has 3 rings (SSSR count). The quantitative estimate of drug-likeness (QED) is 0.842. The Morgan fingerprint density at radius 2 is 2.04 bits per heavy atom. The lowest BCUT2D eigenvalue weighted by Gasteiger charge is -2.22. The Morgan fingerprint density at radius 1 is 1.26 bits per heavy atom. The highest BCUT2D eigenvalue weighted by atomic mass is 35.5. The van der Waals surface area contributed by atoms with Gasteiger partial charge < -0.3 is 5.43 Å². The minimum Gasteiger partial charge on any atom is -0.305 e. The molecule has 1 atom stereocenters. The molecule has 0 saturated carbocycles. The van der Waals surface area contributed by atoms with E-state index in [1.165, 1.54) is 11.1 Å². The first-order valence-electron chi connectivity index (χ1n) is 7.72. The number of hydrazine groups is 1. The summed E-state index contributed by atoms with van der Waals surface area (Å²) < 4.78 is 1.29. The van der Waals surface area contributed by atoms with Crippen LogP contribution in [0.5, 0.6) is 0 Å². The Labute approximate surface area is 140 Å². The molecule has 0 aliphatic heterocycles. The van der Waals surface area contributed by atoms with Crippen molar-refractivity contribution in [2.75, 3.05) is 5.43 Å². The zero-order valence-electron chi connectivity index (χ0n) is 12.9. The standard InChI is InChI=1S/C17H19ClN4O/c1-12-7-5-6-10-14(12)20-21-15-11-19-22(17(23)16(15)18)13-8-3-2-4-9-13/h2-4,8-12,20-21H,5-7H2,1H3. The maximum Gasteiger partial charge on any atom is 0.292 e. The Hall–Kier alpha value is -2.27. The molecule has 0 radical (unpaired) electrons. The first kappa shape index (κ1) is 15.6. The number of para-hydroxylation sites is 1. The van der Waals surface area contributed by atoms with Gasteiger partial charge in [0.15, 0.2) is 0 Å². The van der Waals surface area contributed by atoms with Gasteiger partial charge in [-0.3, -0.25) is 10.2 Å². The van der Waals surface area contributed by atoms with E-state index in [-0.39, 0.29) is 10.6 Å². The van der Waals surface area contributed by atoms with Gasteiger partial charge in [-0.15, -0.1) is 0 Å². The van der Waals surface area contributed by atoms with Crippen molar-refractivity contribution in [3.05, 3.63) is 63.7 Å². The van der Waals surface area contributed by atoms with Gasteiger partial charge in [0.05, 0.1) is 17.6 Å². The smallest absolute Gasteiger partial charge is 0.292 e. The zero-order chi connectivity index (χ0) is 16.2. The Balaban J connectivity index is 1.81. The fourth-order valence-corrected chi connectivity index (χ4v) is 2.80. The number of halogens is 1. The number of hydrogen-bond acceptors (Lipinski definition) is 4. The summed E-state index contributed by atoms with van der Waals surface area (Å²) in [5, 5.41) is 4.30. The van der Waals surface area contributed by atoms with Gasteiger partial charge in [0, 0.05) is 5.70 Å². The van der Waals surface area contributed by atoms with Crippen LogP contribution in [0.25, 0.3) is 5.69 Å². The van der Waals surface area contributed by atoms with Crippen molar-refractivity contribution in [1.82, 2.24) is 15.2 Å². The van der Waals surface area contributed by atoms with Crippen LogP contribution in [-0.4, -0.2) is 9.78 Å². The summed E-state index contributed by atoms with van der Waals surface area (Å²) in [6.07, 6.45) is 7.16. The summed E-state index contributed by atoms with van der Waals surface area (Å²) in [6.45, 7) is 2.17. The Morgan fingerprint density at radius 3 is 2.78 bits per heavy atom. The molecule has 2 aromatic rings. The van der Waals surface area contributed by atoms with E-state index in [1.807, 2.05) is 30.3 Å². The zero-order valence-corrected chi connectivity index (χ0v) is 13.7. The molecule has 120 valence electrons. The van der Waals surface area contributed by atoms with E-state index < -0.39 is 0 Å². The van der Waals surface area contributed by atoms with Crippen molar-refractivity contribution in [2.24, 2.45) is 5.92 Å². The lowest BCUT2D eigenvalue weighted by atomic mass is 9.94. The van der Waals surface area contributed by atoms with Crippen molar-refractivity contribution >= 4 is 17.3 Å². The molecule has 1 aromatic heterocycles. The minimum atomic E-state index is -0.352. The third kappa shape index (κ3) is 3.40. The topological polar surface area (TPSA) is 59.0 Å². The number of nitrogens with zero attached hydrogens (tertiary/aromatic N) is 2. The molecule has 5 nitrogen and oxygen atoms in total.